The van der Waals surface area contributed by atoms with E-state index in [1.54, 1.807) is 11.3 Å². The topological polar surface area (TPSA) is 14.1 Å². The molecule has 0 fully saturated rings. The van der Waals surface area contributed by atoms with E-state index in [0.717, 1.165) is 11.0 Å². The van der Waals surface area contributed by atoms with Crippen LogP contribution < -0.4 is 29.3 Å². The van der Waals surface area contributed by atoms with Crippen LogP contribution in [-0.2, 0) is 21.7 Å². The number of rotatable bonds is 2. The van der Waals surface area contributed by atoms with Crippen molar-refractivity contribution in [1.82, 2.24) is 4.48 Å². The number of fused-ring (bicyclic) bond motifs is 3. The van der Waals surface area contributed by atoms with Crippen LogP contribution in [0.2, 0.25) is 13.1 Å². The quantitative estimate of drug-likeness (QED) is 0.336. The minimum absolute atomic E-state index is 0. The van der Waals surface area contributed by atoms with Crippen LogP contribution in [0.1, 0.15) is 52.5 Å². The van der Waals surface area contributed by atoms with Gasteiger partial charge in [0.15, 0.2) is 0 Å². The molecule has 2 aliphatic rings. The summed E-state index contributed by atoms with van der Waals surface area (Å²) >= 11 is 0. The summed E-state index contributed by atoms with van der Waals surface area (Å²) in [7, 11) is 1.99. The number of likely N-dealkylation sites (N-methyl/N-ethyl adjacent to an activating group) is 1. The zero-order valence-electron chi connectivity index (χ0n) is 18.0. The Morgan fingerprint density at radius 1 is 1.19 bits per heavy atom. The normalized spacial score (nSPS) is 22.3. The zero-order chi connectivity index (χ0) is 18.1. The number of allylic oxidation sites excluding steroid dienone is 2. The molecule has 0 amide bonds. The van der Waals surface area contributed by atoms with Crippen LogP contribution in [0, 0.1) is 6.42 Å². The van der Waals surface area contributed by atoms with E-state index in [1.807, 2.05) is 0 Å². The number of benzene rings is 1. The first kappa shape index (κ1) is 29.5. The molecule has 1 heterocycles. The molecule has 2 nitrogen and oxygen atoms in total. The summed E-state index contributed by atoms with van der Waals surface area (Å²) in [6.45, 7) is 16.5. The predicted molar refractivity (Wildman–Crippen MR) is 110 cm³/mol. The third kappa shape index (κ3) is 6.64. The molecule has 151 valence electrons. The standard InChI is InChI=1S/C15H19N.C6H15NSi.2ClH.Ti/c1-4-16(3)14-8-6-5-7-12(14)13-10-9-11(2)15(13)16;1-6(2,3)7-8(4)5;;;/h5-9,13H,4,10H2,1-3H3;1-5H3;2*1H;/q;-1;;;+2/p-2. The summed E-state index contributed by atoms with van der Waals surface area (Å²) < 4.78 is 1.02. The predicted octanol–water partition coefficient (Wildman–Crippen LogP) is 0.0380. The van der Waals surface area contributed by atoms with E-state index in [9.17, 15) is 0 Å². The maximum absolute atomic E-state index is 4.51. The molecule has 2 unspecified atom stereocenters. The Morgan fingerprint density at radius 2 is 1.74 bits per heavy atom. The molecule has 0 saturated carbocycles. The van der Waals surface area contributed by atoms with Crippen molar-refractivity contribution in [1.29, 1.82) is 0 Å². The Balaban J connectivity index is 0. The van der Waals surface area contributed by atoms with Crippen LogP contribution in [0.3, 0.4) is 0 Å². The molecule has 0 bridgehead atoms. The maximum Gasteiger partial charge on any atom is 2.00 e. The van der Waals surface area contributed by atoms with Crippen LogP contribution in [0.15, 0.2) is 35.5 Å². The van der Waals surface area contributed by atoms with E-state index >= 15 is 0 Å². The first-order valence-electron chi connectivity index (χ1n) is 9.12. The number of halogens is 2. The summed E-state index contributed by atoms with van der Waals surface area (Å²) in [5.41, 5.74) is 6.39. The smallest absolute Gasteiger partial charge is 1.00 e. The third-order valence-corrected chi connectivity index (χ3v) is 6.08. The van der Waals surface area contributed by atoms with Crippen LogP contribution in [0.5, 0.6) is 0 Å². The van der Waals surface area contributed by atoms with Crippen molar-refractivity contribution in [2.75, 3.05) is 13.6 Å². The fourth-order valence-corrected chi connectivity index (χ4v) is 5.51. The molecular weight excluding hydrogens is 427 g/mol. The Kier molecular flexibility index (Phi) is 12.5. The van der Waals surface area contributed by atoms with Crippen molar-refractivity contribution in [3.05, 3.63) is 52.5 Å². The van der Waals surface area contributed by atoms with Gasteiger partial charge in [0.05, 0.1) is 13.6 Å². The molecule has 27 heavy (non-hydrogen) atoms. The second kappa shape index (κ2) is 11.4. The summed E-state index contributed by atoms with van der Waals surface area (Å²) in [6.07, 6.45) is 3.61. The van der Waals surface area contributed by atoms with Gasteiger partial charge in [-0.2, -0.15) is 5.57 Å². The second-order valence-corrected chi connectivity index (χ2v) is 10.5. The Bertz CT molecular complexity index is 629. The molecule has 0 saturated heterocycles. The monoisotopic (exact) mass is 460 g/mol. The molecule has 1 aromatic carbocycles. The van der Waals surface area contributed by atoms with Gasteiger partial charge in [-0.3, -0.25) is 0 Å². The van der Waals surface area contributed by atoms with Gasteiger partial charge in [0.25, 0.3) is 0 Å². The third-order valence-electron chi connectivity index (χ3n) is 4.96. The van der Waals surface area contributed by atoms with E-state index in [-0.39, 0.29) is 61.0 Å². The molecule has 1 aliphatic heterocycles. The SMILES string of the molecule is CC[N+]1(C)C2=C(C)[CH-]CC2c2ccccc21.C[Si](C)[N-]C(C)(C)C.[Cl-].[Cl-].[Ti+2]. The molecule has 6 heteroatoms. The molecule has 1 radical (unpaired) electrons. The van der Waals surface area contributed by atoms with Gasteiger partial charge in [-0.15, -0.1) is 12.0 Å². The number of hydrogen-bond acceptors (Lipinski definition) is 0. The van der Waals surface area contributed by atoms with Gasteiger partial charge in [-0.1, -0.05) is 67.9 Å². The van der Waals surface area contributed by atoms with Gasteiger partial charge in [0.2, 0.25) is 0 Å². The van der Waals surface area contributed by atoms with Crippen molar-refractivity contribution in [2.45, 2.75) is 65.6 Å². The molecule has 3 rings (SSSR count). The van der Waals surface area contributed by atoms with E-state index in [4.69, 9.17) is 0 Å². The van der Waals surface area contributed by atoms with Gasteiger partial charge >= 0.3 is 21.7 Å². The van der Waals surface area contributed by atoms with Gasteiger partial charge in [0.1, 0.15) is 5.69 Å². The summed E-state index contributed by atoms with van der Waals surface area (Å²) in [5.74, 6) is 0.654. The first-order valence-corrected chi connectivity index (χ1v) is 11.6. The molecular formula is C21H34Cl2N2SiTi-. The Morgan fingerprint density at radius 3 is 2.19 bits per heavy atom. The van der Waals surface area contributed by atoms with Gasteiger partial charge in [0, 0.05) is 5.56 Å². The van der Waals surface area contributed by atoms with Crippen LogP contribution in [0.4, 0.5) is 5.69 Å². The number of para-hydroxylation sites is 1. The molecule has 1 aliphatic carbocycles. The van der Waals surface area contributed by atoms with Crippen molar-refractivity contribution in [3.8, 4) is 0 Å². The van der Waals surface area contributed by atoms with E-state index in [1.165, 1.54) is 17.7 Å². The largest absolute Gasteiger partial charge is 2.00 e. The number of hydrogen-bond donors (Lipinski definition) is 0. The fraction of sp³-hybridized carbons (Fsp3) is 0.571. The minimum Gasteiger partial charge on any atom is -1.00 e. The summed E-state index contributed by atoms with van der Waals surface area (Å²) in [6, 6.07) is 8.96. The second-order valence-electron chi connectivity index (χ2n) is 8.36. The molecule has 1 aromatic rings. The Labute approximate surface area is 196 Å². The van der Waals surface area contributed by atoms with Gasteiger partial charge < -0.3 is 34.3 Å². The van der Waals surface area contributed by atoms with E-state index < -0.39 is 0 Å². The summed E-state index contributed by atoms with van der Waals surface area (Å²) in [4.78, 5) is 4.51. The maximum atomic E-state index is 4.51. The zero-order valence-corrected chi connectivity index (χ0v) is 22.1. The van der Waals surface area contributed by atoms with Crippen molar-refractivity contribution >= 4 is 14.6 Å². The van der Waals surface area contributed by atoms with Gasteiger partial charge in [-0.05, 0) is 24.6 Å². The number of nitrogens with zero attached hydrogens (tertiary/aromatic N) is 2. The van der Waals surface area contributed by atoms with Crippen molar-refractivity contribution in [2.24, 2.45) is 0 Å². The molecule has 0 N–H and O–H groups in total. The molecule has 0 spiro atoms. The van der Waals surface area contributed by atoms with Crippen molar-refractivity contribution < 1.29 is 46.5 Å². The van der Waals surface area contributed by atoms with E-state index in [0.29, 0.717) is 5.92 Å². The Hall–Kier alpha value is 0.261. The molecule has 0 aromatic heterocycles. The van der Waals surface area contributed by atoms with Crippen LogP contribution in [0.25, 0.3) is 4.98 Å². The minimum atomic E-state index is -0.367. The summed E-state index contributed by atoms with van der Waals surface area (Å²) in [5, 5.41) is 0. The first-order chi connectivity index (χ1) is 11.1. The molecule has 2 atom stereocenters. The van der Waals surface area contributed by atoms with Gasteiger partial charge in [-0.25, -0.2) is 6.42 Å². The van der Waals surface area contributed by atoms with Crippen molar-refractivity contribution in [3.63, 3.8) is 0 Å². The fourth-order valence-electron chi connectivity index (χ4n) is 4.17. The average molecular weight is 461 g/mol. The average Bonchev–Trinajstić information content (AvgIpc) is 2.97. The van der Waals surface area contributed by atoms with E-state index in [2.05, 4.69) is 90.4 Å². The van der Waals surface area contributed by atoms with Crippen LogP contribution >= 0.6 is 0 Å². The van der Waals surface area contributed by atoms with Crippen LogP contribution in [-0.4, -0.2) is 28.1 Å². The number of quaternary nitrogens is 1.